The average molecular weight is 1080 g/mol. The van der Waals surface area contributed by atoms with Crippen LogP contribution in [0.5, 0.6) is 5.75 Å². The highest BCUT2D eigenvalue weighted by Crippen LogP contribution is 2.34. The predicted molar refractivity (Wildman–Crippen MR) is 294 cm³/mol. The van der Waals surface area contributed by atoms with E-state index in [0.717, 1.165) is 12.8 Å². The highest BCUT2D eigenvalue weighted by Gasteiger charge is 2.47. The van der Waals surface area contributed by atoms with Crippen molar-refractivity contribution in [1.29, 1.82) is 0 Å². The lowest BCUT2D eigenvalue weighted by molar-refractivity contribution is -0.138. The SMILES string of the molecule is CCCCNC(=O)C1(C)CC(C(=O)NCCCCC(NC(=O)C(NC(=O)C(C)(C)NC(=O)C(CC(C)C)NC(=O)C(C)NC(=O)C(NC(C)=O)C(C)C)C(C)C)C(=O)NC(CC(C)C)C(N)=O)=NN1c1ccc(OC)cc1. The summed E-state index contributed by atoms with van der Waals surface area (Å²) in [6, 6.07) is 0.328. The fraction of sp³-hybridized carbons (Fsp3) is 0.685. The summed E-state index contributed by atoms with van der Waals surface area (Å²) in [7, 11) is 1.54. The Balaban J connectivity index is 2.26. The topological polar surface area (TPSA) is 330 Å². The first kappa shape index (κ1) is 66.3. The lowest BCUT2D eigenvalue weighted by atomic mass is 9.93. The monoisotopic (exact) mass is 1080 g/mol. The Bertz CT molecular complexity index is 2250. The van der Waals surface area contributed by atoms with E-state index in [-0.39, 0.29) is 61.6 Å². The second-order valence-electron chi connectivity index (χ2n) is 22.2. The third kappa shape index (κ3) is 20.9. The van der Waals surface area contributed by atoms with Crippen LogP contribution in [0.15, 0.2) is 29.4 Å². The van der Waals surface area contributed by atoms with Crippen LogP contribution < -0.4 is 63.3 Å². The van der Waals surface area contributed by atoms with Gasteiger partial charge >= 0.3 is 0 Å². The van der Waals surface area contributed by atoms with E-state index in [2.05, 4.69) is 53.0 Å². The van der Waals surface area contributed by atoms with E-state index in [1.165, 1.54) is 32.7 Å². The van der Waals surface area contributed by atoms with Crippen LogP contribution in [0.4, 0.5) is 5.69 Å². The molecule has 0 aromatic heterocycles. The number of amides is 10. The second-order valence-corrected chi connectivity index (χ2v) is 22.2. The van der Waals surface area contributed by atoms with Gasteiger partial charge in [0.1, 0.15) is 58.8 Å². The molecule has 0 radical (unpaired) electrons. The molecule has 77 heavy (non-hydrogen) atoms. The maximum Gasteiger partial charge on any atom is 0.267 e. The molecule has 1 aliphatic rings. The molecule has 7 unspecified atom stereocenters. The van der Waals surface area contributed by atoms with Crippen molar-refractivity contribution in [2.75, 3.05) is 25.2 Å². The number of primary amides is 1. The average Bonchev–Trinajstić information content (AvgIpc) is 3.71. The number of hydrazone groups is 1. The third-order valence-corrected chi connectivity index (χ3v) is 12.9. The molecule has 0 aliphatic carbocycles. The number of methoxy groups -OCH3 is 1. The number of anilines is 1. The summed E-state index contributed by atoms with van der Waals surface area (Å²) < 4.78 is 5.30. The number of nitrogens with zero attached hydrogens (tertiary/aromatic N) is 2. The van der Waals surface area contributed by atoms with E-state index >= 15 is 0 Å². The van der Waals surface area contributed by atoms with Gasteiger partial charge in [-0.25, -0.2) is 5.01 Å². The van der Waals surface area contributed by atoms with Gasteiger partial charge in [0.15, 0.2) is 0 Å². The van der Waals surface area contributed by atoms with Gasteiger partial charge in [0.25, 0.3) is 5.91 Å². The Morgan fingerprint density at radius 2 is 1.21 bits per heavy atom. The molecule has 0 fully saturated rings. The van der Waals surface area contributed by atoms with Gasteiger partial charge in [-0.1, -0.05) is 68.7 Å². The van der Waals surface area contributed by atoms with Gasteiger partial charge in [0, 0.05) is 26.4 Å². The van der Waals surface area contributed by atoms with Gasteiger partial charge in [0.05, 0.1) is 12.8 Å². The third-order valence-electron chi connectivity index (χ3n) is 12.9. The number of ether oxygens (including phenoxy) is 1. The molecule has 0 saturated carbocycles. The molecular formula is C54H90N12O11. The first-order chi connectivity index (χ1) is 35.9. The molecule has 432 valence electrons. The van der Waals surface area contributed by atoms with Crippen molar-refractivity contribution in [3.63, 3.8) is 0 Å². The van der Waals surface area contributed by atoms with Gasteiger partial charge in [-0.2, -0.15) is 5.10 Å². The van der Waals surface area contributed by atoms with E-state index < -0.39 is 106 Å². The molecule has 0 spiro atoms. The van der Waals surface area contributed by atoms with Crippen LogP contribution in [0.1, 0.15) is 148 Å². The molecule has 1 aliphatic heterocycles. The zero-order valence-corrected chi connectivity index (χ0v) is 48.1. The normalized spacial score (nSPS) is 16.7. The zero-order valence-electron chi connectivity index (χ0n) is 48.1. The number of carbonyl (C=O) groups excluding carboxylic acids is 10. The van der Waals surface area contributed by atoms with Crippen molar-refractivity contribution in [2.45, 2.75) is 196 Å². The quantitative estimate of drug-likeness (QED) is 0.0463. The molecular weight excluding hydrogens is 993 g/mol. The lowest BCUT2D eigenvalue weighted by Gasteiger charge is -2.33. The molecule has 11 N–H and O–H groups in total. The molecule has 23 heteroatoms. The van der Waals surface area contributed by atoms with Crippen LogP contribution >= 0.6 is 0 Å². The van der Waals surface area contributed by atoms with Gasteiger partial charge in [-0.15, -0.1) is 0 Å². The first-order valence-corrected chi connectivity index (χ1v) is 26.9. The molecule has 1 aromatic carbocycles. The van der Waals surface area contributed by atoms with Crippen LogP contribution in [-0.4, -0.2) is 132 Å². The zero-order chi connectivity index (χ0) is 58.5. The van der Waals surface area contributed by atoms with Gasteiger partial charge in [0.2, 0.25) is 53.2 Å². The minimum absolute atomic E-state index is 0.0205. The van der Waals surface area contributed by atoms with Crippen molar-refractivity contribution in [3.05, 3.63) is 24.3 Å². The Hall–Kier alpha value is -6.81. The van der Waals surface area contributed by atoms with Gasteiger partial charge in [-0.3, -0.25) is 47.9 Å². The lowest BCUT2D eigenvalue weighted by Crippen LogP contribution is -2.64. The number of rotatable bonds is 32. The number of hydrogen-bond acceptors (Lipinski definition) is 13. The fourth-order valence-corrected chi connectivity index (χ4v) is 8.33. The van der Waals surface area contributed by atoms with Crippen LogP contribution in [0.3, 0.4) is 0 Å². The first-order valence-electron chi connectivity index (χ1n) is 26.9. The van der Waals surface area contributed by atoms with Crippen LogP contribution in [0, 0.1) is 23.7 Å². The maximum atomic E-state index is 14.2. The Morgan fingerprint density at radius 1 is 0.675 bits per heavy atom. The standard InChI is InChI=1S/C54H90N12O11/c1-16-17-25-57-52(76)54(14)29-41(65-66(54)36-21-23-37(77-15)24-22-36)46(70)56-26-19-18-20-38(47(71)61-39(44(55)68)27-30(2)3)60-50(74)43(33(8)9)63-51(75)53(12,13)64-48(72)40(28-31(4)5)62-45(69)34(10)58-49(73)42(32(6)7)59-35(11)67/h21-24,30-34,38-40,42-43H,16-20,25-29H2,1-15H3,(H2,55,68)(H,56,70)(H,57,76)(H,58,73)(H,59,67)(H,60,74)(H,61,71)(H,62,69)(H,63,75)(H,64,72). The van der Waals surface area contributed by atoms with Gasteiger partial charge < -0.3 is 58.3 Å². The Labute approximate surface area is 455 Å². The van der Waals surface area contributed by atoms with Crippen LogP contribution in [0.25, 0.3) is 0 Å². The predicted octanol–water partition coefficient (Wildman–Crippen LogP) is 1.96. The van der Waals surface area contributed by atoms with Crippen molar-refractivity contribution < 1.29 is 52.7 Å². The molecule has 1 heterocycles. The fourth-order valence-electron chi connectivity index (χ4n) is 8.33. The second kappa shape index (κ2) is 30.8. The van der Waals surface area contributed by atoms with E-state index in [1.54, 1.807) is 66.0 Å². The summed E-state index contributed by atoms with van der Waals surface area (Å²) in [6.45, 7) is 24.1. The number of nitrogens with one attached hydrogen (secondary N) is 9. The number of benzene rings is 1. The summed E-state index contributed by atoms with van der Waals surface area (Å²) in [5.74, 6) is -6.44. The number of unbranched alkanes of at least 4 members (excludes halogenated alkanes) is 2. The minimum Gasteiger partial charge on any atom is -0.497 e. The Morgan fingerprint density at radius 3 is 1.74 bits per heavy atom. The van der Waals surface area contributed by atoms with Crippen molar-refractivity contribution in [2.24, 2.45) is 34.5 Å². The van der Waals surface area contributed by atoms with Crippen molar-refractivity contribution in [1.82, 2.24) is 47.9 Å². The van der Waals surface area contributed by atoms with E-state index in [0.29, 0.717) is 30.8 Å². The summed E-state index contributed by atoms with van der Waals surface area (Å²) in [6.07, 6.45) is 2.74. The molecule has 10 amide bonds. The van der Waals surface area contributed by atoms with Crippen LogP contribution in [-0.2, 0) is 47.9 Å². The summed E-state index contributed by atoms with van der Waals surface area (Å²) in [5, 5.41) is 30.6. The molecule has 0 saturated heterocycles. The summed E-state index contributed by atoms with van der Waals surface area (Å²) >= 11 is 0. The number of carbonyl (C=O) groups is 10. The smallest absolute Gasteiger partial charge is 0.267 e. The molecule has 1 aromatic rings. The molecule has 0 bridgehead atoms. The molecule has 2 rings (SSSR count). The van der Waals surface area contributed by atoms with E-state index in [4.69, 9.17) is 10.5 Å². The number of nitrogens with two attached hydrogens (primary N) is 1. The largest absolute Gasteiger partial charge is 0.497 e. The van der Waals surface area contributed by atoms with Gasteiger partial charge in [-0.05, 0) is 114 Å². The molecule has 7 atom stereocenters. The summed E-state index contributed by atoms with van der Waals surface area (Å²) in [4.78, 5) is 134. The Kier molecular flexibility index (Phi) is 26.5. The van der Waals surface area contributed by atoms with Crippen molar-refractivity contribution >= 4 is 70.5 Å². The minimum atomic E-state index is -1.66. The van der Waals surface area contributed by atoms with Crippen LogP contribution in [0.2, 0.25) is 0 Å². The molecule has 23 nitrogen and oxygen atoms in total. The van der Waals surface area contributed by atoms with E-state index in [9.17, 15) is 47.9 Å². The maximum absolute atomic E-state index is 14.2. The van der Waals surface area contributed by atoms with Crippen molar-refractivity contribution in [3.8, 4) is 5.75 Å². The summed E-state index contributed by atoms with van der Waals surface area (Å²) in [5.41, 5.74) is 3.53. The highest BCUT2D eigenvalue weighted by atomic mass is 16.5. The van der Waals surface area contributed by atoms with E-state index in [1.807, 2.05) is 34.6 Å². The number of hydrogen-bond donors (Lipinski definition) is 10. The highest BCUT2D eigenvalue weighted by molar-refractivity contribution is 6.40.